The van der Waals surface area contributed by atoms with Gasteiger partial charge in [-0.25, -0.2) is 0 Å². The molecule has 1 aliphatic heterocycles. The van der Waals surface area contributed by atoms with Crippen LogP contribution in [0.15, 0.2) is 0 Å². The molecule has 1 heterocycles. The van der Waals surface area contributed by atoms with Gasteiger partial charge in [0.1, 0.15) is 0 Å². The molecule has 1 saturated heterocycles. The molecule has 20 heavy (non-hydrogen) atoms. The molecule has 0 aromatic heterocycles. The van der Waals surface area contributed by atoms with Crippen LogP contribution in [0.4, 0.5) is 0 Å². The molecule has 2 rings (SSSR count). The Balaban J connectivity index is 2.11. The molecule has 1 saturated carbocycles. The van der Waals surface area contributed by atoms with Gasteiger partial charge in [0.15, 0.2) is 0 Å². The molecular formula is C14H23N3O2S. The topological polar surface area (TPSA) is 75.4 Å². The lowest BCUT2D eigenvalue weighted by molar-refractivity contribution is -0.141. The van der Waals surface area contributed by atoms with Gasteiger partial charge in [0.2, 0.25) is 11.8 Å². The van der Waals surface area contributed by atoms with Crippen molar-refractivity contribution >= 4 is 29.0 Å². The van der Waals surface area contributed by atoms with Crippen LogP contribution in [0.5, 0.6) is 0 Å². The third-order valence-electron chi connectivity index (χ3n) is 4.66. The van der Waals surface area contributed by atoms with Crippen molar-refractivity contribution in [1.82, 2.24) is 10.2 Å². The molecule has 5 nitrogen and oxygen atoms in total. The average molecular weight is 297 g/mol. The zero-order chi connectivity index (χ0) is 14.8. The largest absolute Gasteiger partial charge is 0.392 e. The number of thiocarbonyl (C=S) groups is 1. The van der Waals surface area contributed by atoms with Crippen molar-refractivity contribution in [2.45, 2.75) is 38.5 Å². The van der Waals surface area contributed by atoms with E-state index in [9.17, 15) is 9.59 Å². The van der Waals surface area contributed by atoms with Crippen LogP contribution in [0.2, 0.25) is 0 Å². The summed E-state index contributed by atoms with van der Waals surface area (Å²) >= 11 is 5.17. The summed E-state index contributed by atoms with van der Waals surface area (Å²) in [7, 11) is 1.64. The average Bonchev–Trinajstić information content (AvgIpc) is 2.96. The van der Waals surface area contributed by atoms with E-state index in [4.69, 9.17) is 18.0 Å². The first-order valence-electron chi connectivity index (χ1n) is 7.32. The molecule has 1 aliphatic carbocycles. The highest BCUT2D eigenvalue weighted by molar-refractivity contribution is 7.80. The molecule has 0 bridgehead atoms. The van der Waals surface area contributed by atoms with Crippen molar-refractivity contribution in [2.75, 3.05) is 20.1 Å². The minimum Gasteiger partial charge on any atom is -0.392 e. The number of carbonyl (C=O) groups excluding carboxylic acids is 2. The van der Waals surface area contributed by atoms with Crippen molar-refractivity contribution in [3.05, 3.63) is 0 Å². The maximum absolute atomic E-state index is 12.8. The van der Waals surface area contributed by atoms with Crippen LogP contribution in [-0.4, -0.2) is 41.8 Å². The van der Waals surface area contributed by atoms with E-state index in [1.54, 1.807) is 11.9 Å². The summed E-state index contributed by atoms with van der Waals surface area (Å²) in [5.41, 5.74) is 5.21. The second-order valence-electron chi connectivity index (χ2n) is 5.86. The van der Waals surface area contributed by atoms with Crippen molar-refractivity contribution in [1.29, 1.82) is 0 Å². The van der Waals surface area contributed by atoms with Gasteiger partial charge in [0, 0.05) is 20.1 Å². The predicted octanol–water partition coefficient (Wildman–Crippen LogP) is 0.817. The van der Waals surface area contributed by atoms with E-state index in [0.29, 0.717) is 18.1 Å². The summed E-state index contributed by atoms with van der Waals surface area (Å²) in [5.74, 6) is -0.0584. The first kappa shape index (κ1) is 15.2. The smallest absolute Gasteiger partial charge is 0.235 e. The van der Waals surface area contributed by atoms with Crippen LogP contribution < -0.4 is 11.1 Å². The van der Waals surface area contributed by atoms with Crippen LogP contribution in [0.1, 0.15) is 38.5 Å². The van der Waals surface area contributed by atoms with E-state index in [-0.39, 0.29) is 17.7 Å². The summed E-state index contributed by atoms with van der Waals surface area (Å²) in [5, 5.41) is 2.67. The lowest BCUT2D eigenvalue weighted by Gasteiger charge is -2.38. The Morgan fingerprint density at radius 2 is 1.95 bits per heavy atom. The second kappa shape index (κ2) is 6.08. The monoisotopic (exact) mass is 297 g/mol. The highest BCUT2D eigenvalue weighted by atomic mass is 32.1. The zero-order valence-electron chi connectivity index (χ0n) is 12.0. The number of hydrogen-bond acceptors (Lipinski definition) is 3. The molecule has 0 spiro atoms. The molecule has 3 N–H and O–H groups in total. The maximum atomic E-state index is 12.8. The van der Waals surface area contributed by atoms with Crippen LogP contribution in [0.25, 0.3) is 0 Å². The summed E-state index contributed by atoms with van der Waals surface area (Å²) in [6.07, 6.45) is 5.19. The standard InChI is InChI=1S/C14H23N3O2S/c1-16-11(18)10-5-4-8-17(9-10)13(19)14(12(15)20)6-2-3-7-14/h10H,2-9H2,1H3,(H2,15,20)(H,16,18). The SMILES string of the molecule is CNC(=O)C1CCCN(C(=O)C2(C(N)=S)CCCC2)C1. The number of amides is 2. The number of nitrogens with two attached hydrogens (primary N) is 1. The van der Waals surface area contributed by atoms with E-state index in [2.05, 4.69) is 5.32 Å². The summed E-state index contributed by atoms with van der Waals surface area (Å²) in [6.45, 7) is 1.19. The van der Waals surface area contributed by atoms with Gasteiger partial charge in [-0.2, -0.15) is 0 Å². The van der Waals surface area contributed by atoms with Crippen LogP contribution in [0, 0.1) is 11.3 Å². The molecule has 1 atom stereocenters. The van der Waals surface area contributed by atoms with E-state index in [0.717, 1.165) is 38.5 Å². The number of nitrogens with one attached hydrogen (secondary N) is 1. The summed E-state index contributed by atoms with van der Waals surface area (Å²) in [6, 6.07) is 0. The van der Waals surface area contributed by atoms with E-state index in [1.807, 2.05) is 0 Å². The van der Waals surface area contributed by atoms with Gasteiger partial charge in [-0.15, -0.1) is 0 Å². The van der Waals surface area contributed by atoms with E-state index < -0.39 is 5.41 Å². The minimum absolute atomic E-state index is 0.0123. The molecule has 0 radical (unpaired) electrons. The molecule has 2 amide bonds. The number of hydrogen-bond donors (Lipinski definition) is 2. The Morgan fingerprint density at radius 3 is 2.50 bits per heavy atom. The fraction of sp³-hybridized carbons (Fsp3) is 0.786. The number of piperidine rings is 1. The minimum atomic E-state index is -0.653. The molecule has 2 fully saturated rings. The highest BCUT2D eigenvalue weighted by Crippen LogP contribution is 2.40. The Hall–Kier alpha value is -1.17. The molecule has 2 aliphatic rings. The van der Waals surface area contributed by atoms with Crippen molar-refractivity contribution < 1.29 is 9.59 Å². The Kier molecular flexibility index (Phi) is 4.62. The first-order chi connectivity index (χ1) is 9.51. The van der Waals surface area contributed by atoms with Gasteiger partial charge in [-0.3, -0.25) is 9.59 Å². The predicted molar refractivity (Wildman–Crippen MR) is 81.1 cm³/mol. The van der Waals surface area contributed by atoms with Gasteiger partial charge in [-0.05, 0) is 25.7 Å². The summed E-state index contributed by atoms with van der Waals surface area (Å²) in [4.78, 5) is 26.7. The van der Waals surface area contributed by atoms with E-state index in [1.165, 1.54) is 0 Å². The van der Waals surface area contributed by atoms with Gasteiger partial charge >= 0.3 is 0 Å². The summed E-state index contributed by atoms with van der Waals surface area (Å²) < 4.78 is 0. The molecular weight excluding hydrogens is 274 g/mol. The third kappa shape index (κ3) is 2.66. The Labute approximate surface area is 125 Å². The first-order valence-corrected chi connectivity index (χ1v) is 7.73. The normalized spacial score (nSPS) is 25.2. The van der Waals surface area contributed by atoms with E-state index >= 15 is 0 Å². The van der Waals surface area contributed by atoms with Crippen LogP contribution in [-0.2, 0) is 9.59 Å². The Bertz CT molecular complexity index is 419. The quantitative estimate of drug-likeness (QED) is 0.756. The lowest BCUT2D eigenvalue weighted by atomic mass is 9.83. The molecule has 1 unspecified atom stereocenters. The van der Waals surface area contributed by atoms with Gasteiger partial charge < -0.3 is 16.0 Å². The van der Waals surface area contributed by atoms with Gasteiger partial charge in [-0.1, -0.05) is 25.1 Å². The van der Waals surface area contributed by atoms with Gasteiger partial charge in [0.25, 0.3) is 0 Å². The molecule has 6 heteroatoms. The third-order valence-corrected chi connectivity index (χ3v) is 5.05. The van der Waals surface area contributed by atoms with Crippen LogP contribution in [0.3, 0.4) is 0 Å². The van der Waals surface area contributed by atoms with Crippen molar-refractivity contribution in [3.8, 4) is 0 Å². The van der Waals surface area contributed by atoms with Crippen LogP contribution >= 0.6 is 12.2 Å². The number of nitrogens with zero attached hydrogens (tertiary/aromatic N) is 1. The lowest BCUT2D eigenvalue weighted by Crippen LogP contribution is -2.53. The maximum Gasteiger partial charge on any atom is 0.235 e. The van der Waals surface area contributed by atoms with Crippen molar-refractivity contribution in [3.63, 3.8) is 0 Å². The fourth-order valence-electron chi connectivity index (χ4n) is 3.43. The van der Waals surface area contributed by atoms with Crippen molar-refractivity contribution in [2.24, 2.45) is 17.1 Å². The number of likely N-dealkylation sites (tertiary alicyclic amines) is 1. The highest BCUT2D eigenvalue weighted by Gasteiger charge is 2.47. The zero-order valence-corrected chi connectivity index (χ0v) is 12.8. The molecule has 0 aromatic rings. The Morgan fingerprint density at radius 1 is 1.30 bits per heavy atom. The molecule has 112 valence electrons. The number of rotatable bonds is 3. The van der Waals surface area contributed by atoms with Gasteiger partial charge in [0.05, 0.1) is 16.3 Å². The fourth-order valence-corrected chi connectivity index (χ4v) is 3.72. The number of carbonyl (C=O) groups is 2. The second-order valence-corrected chi connectivity index (χ2v) is 6.30. The molecule has 0 aromatic carbocycles.